The van der Waals surface area contributed by atoms with Gasteiger partial charge in [0.1, 0.15) is 22.8 Å². The summed E-state index contributed by atoms with van der Waals surface area (Å²) in [5, 5.41) is 25.2. The van der Waals surface area contributed by atoms with E-state index in [4.69, 9.17) is 4.74 Å². The van der Waals surface area contributed by atoms with Crippen LogP contribution in [0.2, 0.25) is 0 Å². The van der Waals surface area contributed by atoms with Crippen molar-refractivity contribution in [3.8, 4) is 11.3 Å². The van der Waals surface area contributed by atoms with E-state index in [1.54, 1.807) is 37.8 Å². The largest absolute Gasteiger partial charge is 0.495 e. The van der Waals surface area contributed by atoms with E-state index >= 15 is 0 Å². The van der Waals surface area contributed by atoms with E-state index in [0.29, 0.717) is 30.2 Å². The topological polar surface area (TPSA) is 110 Å². The molecule has 3 aromatic heterocycles. The minimum atomic E-state index is -0.983. The van der Waals surface area contributed by atoms with E-state index in [2.05, 4.69) is 20.7 Å². The van der Waals surface area contributed by atoms with Gasteiger partial charge in [0.25, 0.3) is 6.04 Å². The van der Waals surface area contributed by atoms with Gasteiger partial charge >= 0.3 is 0 Å². The maximum atomic E-state index is 12.1. The van der Waals surface area contributed by atoms with Crippen LogP contribution in [-0.4, -0.2) is 71.0 Å². The third-order valence-electron chi connectivity index (χ3n) is 6.15. The molecule has 0 aromatic carbocycles. The van der Waals surface area contributed by atoms with Crippen LogP contribution < -0.4 is 10.6 Å². The Hall–Kier alpha value is -3.28. The molecule has 2 unspecified atom stereocenters. The quantitative estimate of drug-likeness (QED) is 0.353. The Bertz CT molecular complexity index is 1260. The van der Waals surface area contributed by atoms with Crippen molar-refractivity contribution in [1.82, 2.24) is 25.0 Å². The second kappa shape index (κ2) is 9.53. The van der Waals surface area contributed by atoms with Crippen molar-refractivity contribution in [1.29, 1.82) is 0 Å². The van der Waals surface area contributed by atoms with E-state index in [-0.39, 0.29) is 4.92 Å². The third kappa shape index (κ3) is 4.41. The van der Waals surface area contributed by atoms with Gasteiger partial charge in [0.15, 0.2) is 0 Å². The zero-order chi connectivity index (χ0) is 24.5. The van der Waals surface area contributed by atoms with E-state index in [1.807, 2.05) is 60.4 Å². The maximum Gasteiger partial charge on any atom is 0.255 e. The van der Waals surface area contributed by atoms with Gasteiger partial charge in [-0.25, -0.2) is 4.98 Å². The van der Waals surface area contributed by atoms with Crippen LogP contribution in [0.15, 0.2) is 53.4 Å². The highest BCUT2D eigenvalue weighted by atomic mass is 32.1. The lowest BCUT2D eigenvalue weighted by Gasteiger charge is -2.36. The minimum absolute atomic E-state index is 0.262. The van der Waals surface area contributed by atoms with Gasteiger partial charge in [-0.1, -0.05) is 0 Å². The molecule has 3 heterocycles. The molecule has 34 heavy (non-hydrogen) atoms. The van der Waals surface area contributed by atoms with Crippen LogP contribution in [0.5, 0.6) is 0 Å². The zero-order valence-corrected chi connectivity index (χ0v) is 20.7. The van der Waals surface area contributed by atoms with Crippen molar-refractivity contribution in [2.45, 2.75) is 18.0 Å². The highest BCUT2D eigenvalue weighted by Crippen LogP contribution is 2.34. The van der Waals surface area contributed by atoms with Crippen LogP contribution in [0.1, 0.15) is 6.42 Å². The van der Waals surface area contributed by atoms with Gasteiger partial charge in [-0.15, -0.1) is 11.3 Å². The number of nitro groups is 1. The van der Waals surface area contributed by atoms with Gasteiger partial charge in [0.2, 0.25) is 0 Å². The number of nitrogens with zero attached hydrogens (tertiary/aromatic N) is 5. The number of ether oxygens (including phenoxy) is 1. The molecular weight excluding hydrogens is 454 g/mol. The number of rotatable bonds is 9. The van der Waals surface area contributed by atoms with Crippen molar-refractivity contribution >= 4 is 27.4 Å². The second-order valence-corrected chi connectivity index (χ2v) is 9.44. The average molecular weight is 484 g/mol. The summed E-state index contributed by atoms with van der Waals surface area (Å²) in [7, 11) is 9.11. The summed E-state index contributed by atoms with van der Waals surface area (Å²) in [6.45, 7) is 0.681. The SMILES string of the molecule is CNC1(CCN(C)C)C=C(OC)C(Nc2cc(-c3nn(C)c4ccsc34)ccn2)=CC1[N+](=O)[O-]. The van der Waals surface area contributed by atoms with E-state index in [0.717, 1.165) is 21.5 Å². The number of hydrogen-bond acceptors (Lipinski definition) is 9. The summed E-state index contributed by atoms with van der Waals surface area (Å²) in [5.41, 5.74) is 2.48. The van der Waals surface area contributed by atoms with Gasteiger partial charge in [0.05, 0.1) is 23.0 Å². The molecule has 2 N–H and O–H groups in total. The minimum Gasteiger partial charge on any atom is -0.495 e. The first kappa shape index (κ1) is 23.9. The molecule has 0 saturated heterocycles. The first-order valence-electron chi connectivity index (χ1n) is 10.9. The van der Waals surface area contributed by atoms with Gasteiger partial charge in [-0.3, -0.25) is 14.8 Å². The van der Waals surface area contributed by atoms with E-state index < -0.39 is 11.6 Å². The molecule has 0 saturated carbocycles. The van der Waals surface area contributed by atoms with Crippen LogP contribution >= 0.6 is 11.3 Å². The molecular formula is C23H29N7O3S. The van der Waals surface area contributed by atoms with E-state index in [9.17, 15) is 10.1 Å². The smallest absolute Gasteiger partial charge is 0.255 e. The number of anilines is 1. The molecule has 180 valence electrons. The summed E-state index contributed by atoms with van der Waals surface area (Å²) < 4.78 is 8.60. The predicted octanol–water partition coefficient (Wildman–Crippen LogP) is 3.09. The Labute approximate surface area is 202 Å². The molecule has 1 aliphatic carbocycles. The van der Waals surface area contributed by atoms with E-state index in [1.165, 1.54) is 0 Å². The normalized spacial score (nSPS) is 20.4. The maximum absolute atomic E-state index is 12.1. The van der Waals surface area contributed by atoms with Crippen molar-refractivity contribution < 1.29 is 9.66 Å². The molecule has 0 radical (unpaired) electrons. The first-order chi connectivity index (χ1) is 16.3. The Kier molecular flexibility index (Phi) is 6.69. The number of nitrogens with one attached hydrogen (secondary N) is 2. The molecule has 2 atom stereocenters. The van der Waals surface area contributed by atoms with Crippen molar-refractivity contribution in [3.05, 3.63) is 63.5 Å². The van der Waals surface area contributed by atoms with Crippen molar-refractivity contribution in [2.24, 2.45) is 7.05 Å². The molecule has 4 rings (SSSR count). The number of thiophene rings is 1. The molecule has 11 heteroatoms. The number of likely N-dealkylation sites (N-methyl/N-ethyl adjacent to an activating group) is 1. The van der Waals surface area contributed by atoms with Crippen molar-refractivity contribution in [2.75, 3.05) is 40.1 Å². The molecule has 10 nitrogen and oxygen atoms in total. The van der Waals surface area contributed by atoms with Gasteiger partial charge in [-0.2, -0.15) is 5.10 Å². The monoisotopic (exact) mass is 483 g/mol. The molecule has 0 aliphatic heterocycles. The Morgan fingerprint density at radius 3 is 2.85 bits per heavy atom. The number of hydrogen-bond donors (Lipinski definition) is 2. The molecule has 1 aliphatic rings. The summed E-state index contributed by atoms with van der Waals surface area (Å²) in [6.07, 6.45) is 5.66. The molecule has 0 spiro atoms. The van der Waals surface area contributed by atoms with Crippen LogP contribution in [0.25, 0.3) is 21.5 Å². The predicted molar refractivity (Wildman–Crippen MR) is 134 cm³/mol. The lowest BCUT2D eigenvalue weighted by molar-refractivity contribution is -0.519. The number of aryl methyl sites for hydroxylation is 1. The highest BCUT2D eigenvalue weighted by molar-refractivity contribution is 7.17. The fourth-order valence-corrected chi connectivity index (χ4v) is 5.16. The van der Waals surface area contributed by atoms with Gasteiger partial charge in [0, 0.05) is 29.8 Å². The Balaban J connectivity index is 1.68. The number of methoxy groups -OCH3 is 1. The van der Waals surface area contributed by atoms with Crippen LogP contribution in [-0.2, 0) is 11.8 Å². The van der Waals surface area contributed by atoms with Crippen LogP contribution in [0, 0.1) is 10.1 Å². The Morgan fingerprint density at radius 2 is 2.18 bits per heavy atom. The number of fused-ring (bicyclic) bond motifs is 1. The average Bonchev–Trinajstić information content (AvgIpc) is 3.42. The summed E-state index contributed by atoms with van der Waals surface area (Å²) in [6, 6.07) is 4.86. The zero-order valence-electron chi connectivity index (χ0n) is 19.9. The van der Waals surface area contributed by atoms with Crippen LogP contribution in [0.3, 0.4) is 0 Å². The molecule has 0 fully saturated rings. The summed E-state index contributed by atoms with van der Waals surface area (Å²) >= 11 is 1.64. The summed E-state index contributed by atoms with van der Waals surface area (Å²) in [4.78, 5) is 18.3. The third-order valence-corrected chi connectivity index (χ3v) is 7.06. The van der Waals surface area contributed by atoms with Crippen LogP contribution in [0.4, 0.5) is 5.82 Å². The van der Waals surface area contributed by atoms with Gasteiger partial charge < -0.3 is 20.3 Å². The first-order valence-corrected chi connectivity index (χ1v) is 11.8. The fourth-order valence-electron chi connectivity index (χ4n) is 4.24. The lowest BCUT2D eigenvalue weighted by Crippen LogP contribution is -2.57. The number of aromatic nitrogens is 3. The highest BCUT2D eigenvalue weighted by Gasteiger charge is 2.46. The van der Waals surface area contributed by atoms with Crippen molar-refractivity contribution in [3.63, 3.8) is 0 Å². The number of pyridine rings is 1. The van der Waals surface area contributed by atoms with Gasteiger partial charge in [-0.05, 0) is 63.8 Å². The molecule has 3 aromatic rings. The fraction of sp³-hybridized carbons (Fsp3) is 0.391. The molecule has 0 bridgehead atoms. The second-order valence-electron chi connectivity index (χ2n) is 8.53. The lowest BCUT2D eigenvalue weighted by atomic mass is 9.81. The standard InChI is InChI=1S/C23H29N7O3S/c1-24-23(8-10-28(2)3)14-18(33-5)16(13-19(23)30(31)32)26-20-12-15(6-9-25-20)21-22-17(7-11-34-22)29(4)27-21/h6-7,9,11-14,19,24H,8,10H2,1-5H3,(H,25,26). The summed E-state index contributed by atoms with van der Waals surface area (Å²) in [5.74, 6) is 1.08. The Morgan fingerprint density at radius 1 is 1.38 bits per heavy atom. The molecule has 0 amide bonds.